The van der Waals surface area contributed by atoms with Gasteiger partial charge in [0.05, 0.1) is 5.56 Å². The first-order chi connectivity index (χ1) is 9.34. The minimum absolute atomic E-state index is 0.0971. The number of hydrogen-bond donors (Lipinski definition) is 0. The second-order valence-corrected chi connectivity index (χ2v) is 8.08. The number of rotatable bonds is 3. The average molecular weight is 331 g/mol. The third-order valence-electron chi connectivity index (χ3n) is 3.39. The van der Waals surface area contributed by atoms with Gasteiger partial charge in [-0.3, -0.25) is 9.59 Å². The molecule has 1 aromatic rings. The van der Waals surface area contributed by atoms with Crippen LogP contribution in [0.4, 0.5) is 0 Å². The summed E-state index contributed by atoms with van der Waals surface area (Å²) in [5.41, 5.74) is -0.405. The molecule has 0 amide bonds. The zero-order valence-electron chi connectivity index (χ0n) is 11.4. The Morgan fingerprint density at radius 2 is 2.05 bits per heavy atom. The van der Waals surface area contributed by atoms with Crippen molar-refractivity contribution in [3.63, 3.8) is 0 Å². The first kappa shape index (κ1) is 15.7. The van der Waals surface area contributed by atoms with Crippen LogP contribution in [0.1, 0.15) is 37.6 Å². The van der Waals surface area contributed by atoms with E-state index in [0.29, 0.717) is 17.7 Å². The average Bonchev–Trinajstić information content (AvgIpc) is 2.43. The summed E-state index contributed by atoms with van der Waals surface area (Å²) < 4.78 is 4.68. The molecule has 1 heterocycles. The summed E-state index contributed by atoms with van der Waals surface area (Å²) in [7, 11) is 2.05. The summed E-state index contributed by atoms with van der Waals surface area (Å²) in [5, 5.41) is -0.0971. The van der Waals surface area contributed by atoms with Crippen molar-refractivity contribution in [2.24, 2.45) is 0 Å². The van der Waals surface area contributed by atoms with Gasteiger partial charge in [0.2, 0.25) is 9.99 Å². The van der Waals surface area contributed by atoms with Crippen LogP contribution in [-0.4, -0.2) is 20.7 Å². The number of benzene rings is 1. The van der Waals surface area contributed by atoms with Gasteiger partial charge in [-0.15, -0.1) is 0 Å². The van der Waals surface area contributed by atoms with Gasteiger partial charge in [0.15, 0.2) is 5.12 Å². The largest absolute Gasteiger partial charge is 0.484 e. The van der Waals surface area contributed by atoms with Gasteiger partial charge < -0.3 is 4.74 Å². The molecule has 6 heteroatoms. The molecule has 2 unspecified atom stereocenters. The van der Waals surface area contributed by atoms with Crippen LogP contribution >= 0.6 is 33.2 Å². The Kier molecular flexibility index (Phi) is 4.42. The second kappa shape index (κ2) is 5.62. The van der Waals surface area contributed by atoms with Gasteiger partial charge in [-0.2, -0.15) is 0 Å². The van der Waals surface area contributed by atoms with Gasteiger partial charge in [0.1, 0.15) is 11.4 Å². The van der Waals surface area contributed by atoms with Gasteiger partial charge in [-0.1, -0.05) is 41.5 Å². The number of para-hydroxylation sites is 1. The molecule has 2 rings (SSSR count). The topological polar surface area (TPSA) is 43.4 Å². The summed E-state index contributed by atoms with van der Waals surface area (Å²) >= 11 is 6.62. The van der Waals surface area contributed by atoms with E-state index in [1.807, 2.05) is 19.9 Å². The van der Waals surface area contributed by atoms with Crippen molar-refractivity contribution in [2.45, 2.75) is 37.0 Å². The smallest absolute Gasteiger partial charge is 0.202 e. The number of carbonyl (C=O) groups excluding carboxylic acids is 2. The molecule has 2 atom stereocenters. The number of alkyl halides is 1. The fourth-order valence-corrected chi connectivity index (χ4v) is 4.80. The Labute approximate surface area is 131 Å². The van der Waals surface area contributed by atoms with Gasteiger partial charge in [-0.05, 0) is 36.3 Å². The quantitative estimate of drug-likeness (QED) is 0.611. The first-order valence-corrected chi connectivity index (χ1v) is 8.75. The number of halogens is 1. The van der Waals surface area contributed by atoms with E-state index < -0.39 is 9.81 Å². The number of Topliss-reactive ketones (excluding diaryl/α,β-unsaturated/α-hetero) is 1. The van der Waals surface area contributed by atoms with E-state index in [-0.39, 0.29) is 10.9 Å². The molecule has 1 aliphatic rings. The maximum atomic E-state index is 12.8. The van der Waals surface area contributed by atoms with E-state index in [1.165, 1.54) is 6.92 Å². The molecule has 0 bridgehead atoms. The Bertz CT molecular complexity index is 563. The minimum atomic E-state index is -1.31. The molecule has 0 N–H and O–H groups in total. The third-order valence-corrected chi connectivity index (χ3v) is 7.33. The highest BCUT2D eigenvalue weighted by Crippen LogP contribution is 2.55. The van der Waals surface area contributed by atoms with Crippen molar-refractivity contribution < 1.29 is 14.3 Å². The summed E-state index contributed by atoms with van der Waals surface area (Å²) in [6.07, 6.45) is 0.558. The number of carbonyl (C=O) groups is 2. The Morgan fingerprint density at radius 1 is 1.40 bits per heavy atom. The molecule has 1 aromatic carbocycles. The maximum Gasteiger partial charge on any atom is 0.202 e. The van der Waals surface area contributed by atoms with Crippen LogP contribution < -0.4 is 4.74 Å². The molecule has 0 saturated heterocycles. The fourth-order valence-electron chi connectivity index (χ4n) is 2.01. The van der Waals surface area contributed by atoms with E-state index in [2.05, 4.69) is 0 Å². The van der Waals surface area contributed by atoms with E-state index >= 15 is 0 Å². The van der Waals surface area contributed by atoms with Gasteiger partial charge >= 0.3 is 0 Å². The standard InChI is InChI=1S/C14H15ClO3S2/c1-4-13(3)14(15,20-19-9(2)16)12(17)10-7-5-6-8-11(10)18-13/h5-8H,4H2,1-3H3. The highest BCUT2D eigenvalue weighted by Gasteiger charge is 2.58. The molecule has 0 spiro atoms. The van der Waals surface area contributed by atoms with E-state index in [4.69, 9.17) is 16.3 Å². The number of hydrogen-bond acceptors (Lipinski definition) is 5. The lowest BCUT2D eigenvalue weighted by molar-refractivity contribution is -0.109. The summed E-state index contributed by atoms with van der Waals surface area (Å²) in [6, 6.07) is 7.05. The summed E-state index contributed by atoms with van der Waals surface area (Å²) in [6.45, 7) is 5.17. The number of ether oxygens (including phenoxy) is 1. The summed E-state index contributed by atoms with van der Waals surface area (Å²) in [4.78, 5) is 24.0. The number of fused-ring (bicyclic) bond motifs is 1. The molecular formula is C14H15ClO3S2. The molecule has 0 fully saturated rings. The third kappa shape index (κ3) is 2.47. The molecule has 108 valence electrons. The maximum absolute atomic E-state index is 12.8. The van der Waals surface area contributed by atoms with Gasteiger partial charge in [0.25, 0.3) is 0 Å². The Morgan fingerprint density at radius 3 is 2.65 bits per heavy atom. The van der Waals surface area contributed by atoms with Crippen molar-refractivity contribution in [3.05, 3.63) is 29.8 Å². The SMILES string of the molecule is CCC1(C)Oc2ccccc2C(=O)C1(Cl)SSC(C)=O. The lowest BCUT2D eigenvalue weighted by Gasteiger charge is -2.45. The first-order valence-electron chi connectivity index (χ1n) is 6.22. The second-order valence-electron chi connectivity index (χ2n) is 4.77. The van der Waals surface area contributed by atoms with Crippen molar-refractivity contribution in [1.82, 2.24) is 0 Å². The molecule has 20 heavy (non-hydrogen) atoms. The van der Waals surface area contributed by atoms with Gasteiger partial charge in [-0.25, -0.2) is 0 Å². The highest BCUT2D eigenvalue weighted by atomic mass is 35.5. The lowest BCUT2D eigenvalue weighted by Crippen LogP contribution is -2.57. The fraction of sp³-hybridized carbons (Fsp3) is 0.429. The Balaban J connectivity index is 2.48. The monoisotopic (exact) mass is 330 g/mol. The van der Waals surface area contributed by atoms with Crippen LogP contribution in [0.15, 0.2) is 24.3 Å². The van der Waals surface area contributed by atoms with Crippen LogP contribution in [0.25, 0.3) is 0 Å². The molecular weight excluding hydrogens is 316 g/mol. The van der Waals surface area contributed by atoms with E-state index in [0.717, 1.165) is 21.6 Å². The van der Waals surface area contributed by atoms with Gasteiger partial charge in [0, 0.05) is 6.92 Å². The predicted molar refractivity (Wildman–Crippen MR) is 84.5 cm³/mol. The van der Waals surface area contributed by atoms with E-state index in [9.17, 15) is 9.59 Å². The Hall–Kier alpha value is -0.650. The van der Waals surface area contributed by atoms with Crippen LogP contribution in [0.5, 0.6) is 5.75 Å². The van der Waals surface area contributed by atoms with Crippen molar-refractivity contribution in [3.8, 4) is 5.75 Å². The molecule has 0 aliphatic carbocycles. The van der Waals surface area contributed by atoms with Crippen LogP contribution in [-0.2, 0) is 4.79 Å². The lowest BCUT2D eigenvalue weighted by atomic mass is 9.88. The van der Waals surface area contributed by atoms with Crippen LogP contribution in [0, 0.1) is 0 Å². The molecule has 0 radical (unpaired) electrons. The molecule has 0 aromatic heterocycles. The molecule has 0 saturated carbocycles. The zero-order valence-corrected chi connectivity index (χ0v) is 13.8. The highest BCUT2D eigenvalue weighted by molar-refractivity contribution is 8.83. The van der Waals surface area contributed by atoms with Crippen molar-refractivity contribution in [1.29, 1.82) is 0 Å². The molecule has 1 aliphatic heterocycles. The van der Waals surface area contributed by atoms with Crippen LogP contribution in [0.2, 0.25) is 0 Å². The summed E-state index contributed by atoms with van der Waals surface area (Å²) in [5.74, 6) is 0.343. The van der Waals surface area contributed by atoms with Crippen LogP contribution in [0.3, 0.4) is 0 Å². The predicted octanol–water partition coefficient (Wildman–Crippen LogP) is 4.29. The molecule has 3 nitrogen and oxygen atoms in total. The van der Waals surface area contributed by atoms with Crippen molar-refractivity contribution >= 4 is 44.1 Å². The normalized spacial score (nSPS) is 28.7. The van der Waals surface area contributed by atoms with E-state index in [1.54, 1.807) is 18.2 Å². The van der Waals surface area contributed by atoms with Crippen molar-refractivity contribution in [2.75, 3.05) is 0 Å². The number of ketones is 1. The zero-order chi connectivity index (χ0) is 15.0. The minimum Gasteiger partial charge on any atom is -0.484 e.